The lowest BCUT2D eigenvalue weighted by molar-refractivity contribution is -0.00574. The Morgan fingerprint density at radius 3 is 2.16 bits per heavy atom. The molecule has 1 spiro atoms. The van der Waals surface area contributed by atoms with Gasteiger partial charge in [-0.1, -0.05) is 60.7 Å². The minimum atomic E-state index is -0.568. The Hall–Kier alpha value is -3.73. The maximum atomic E-state index is 13.4. The summed E-state index contributed by atoms with van der Waals surface area (Å²) >= 11 is 0. The molecule has 5 rings (SSSR count). The van der Waals surface area contributed by atoms with Crippen LogP contribution >= 0.6 is 0 Å². The molecule has 32 heavy (non-hydrogen) atoms. The number of ether oxygens (including phenoxy) is 1. The van der Waals surface area contributed by atoms with E-state index in [1.165, 1.54) is 0 Å². The molecule has 0 bridgehead atoms. The fourth-order valence-corrected chi connectivity index (χ4v) is 4.62. The first kappa shape index (κ1) is 20.2. The van der Waals surface area contributed by atoms with Gasteiger partial charge in [-0.05, 0) is 18.2 Å². The zero-order valence-corrected chi connectivity index (χ0v) is 17.6. The molecule has 1 amide bonds. The van der Waals surface area contributed by atoms with Crippen LogP contribution in [0.15, 0.2) is 78.9 Å². The summed E-state index contributed by atoms with van der Waals surface area (Å²) in [6.45, 7) is 0.949. The predicted octanol–water partition coefficient (Wildman–Crippen LogP) is 4.56. The lowest BCUT2D eigenvalue weighted by atomic mass is 9.82. The molecule has 1 saturated heterocycles. The molecule has 1 fully saturated rings. The van der Waals surface area contributed by atoms with Crippen molar-refractivity contribution in [2.45, 2.75) is 24.9 Å². The van der Waals surface area contributed by atoms with Crippen molar-refractivity contribution in [1.82, 2.24) is 4.90 Å². The van der Waals surface area contributed by atoms with Crippen LogP contribution in [-0.2, 0) is 0 Å². The smallest absolute Gasteiger partial charge is 0.254 e. The van der Waals surface area contributed by atoms with Crippen LogP contribution in [-0.4, -0.2) is 41.1 Å². The number of fused-ring (bicyclic) bond motifs is 1. The number of para-hydroxylation sites is 1. The van der Waals surface area contributed by atoms with Crippen LogP contribution in [0, 0.1) is 0 Å². The van der Waals surface area contributed by atoms with Crippen molar-refractivity contribution in [3.63, 3.8) is 0 Å². The molecule has 0 unspecified atom stereocenters. The molecule has 5 heteroatoms. The number of likely N-dealkylation sites (tertiary alicyclic amines) is 1. The summed E-state index contributed by atoms with van der Waals surface area (Å²) in [5.41, 5.74) is 1.43. The van der Waals surface area contributed by atoms with Gasteiger partial charge in [0.2, 0.25) is 0 Å². The highest BCUT2D eigenvalue weighted by molar-refractivity contribution is 6.15. The highest BCUT2D eigenvalue weighted by Crippen LogP contribution is 2.39. The van der Waals surface area contributed by atoms with Gasteiger partial charge in [-0.3, -0.25) is 14.4 Å². The molecule has 0 saturated carbocycles. The highest BCUT2D eigenvalue weighted by atomic mass is 16.5. The van der Waals surface area contributed by atoms with Crippen molar-refractivity contribution in [3.05, 3.63) is 101 Å². The molecule has 3 aromatic carbocycles. The molecule has 3 aromatic rings. The number of piperidine rings is 1. The molecular formula is C27H23NO4. The van der Waals surface area contributed by atoms with Gasteiger partial charge in [-0.15, -0.1) is 0 Å². The Bertz CT molecular complexity index is 1190. The third kappa shape index (κ3) is 3.60. The molecule has 0 atom stereocenters. The van der Waals surface area contributed by atoms with E-state index in [0.29, 0.717) is 60.4 Å². The van der Waals surface area contributed by atoms with Gasteiger partial charge < -0.3 is 9.64 Å². The van der Waals surface area contributed by atoms with Crippen LogP contribution in [0.5, 0.6) is 5.75 Å². The van der Waals surface area contributed by atoms with Crippen LogP contribution < -0.4 is 4.74 Å². The van der Waals surface area contributed by atoms with E-state index in [1.807, 2.05) is 36.4 Å². The molecule has 2 heterocycles. The summed E-state index contributed by atoms with van der Waals surface area (Å²) in [4.78, 5) is 40.8. The normalized spacial score (nSPS) is 16.9. The number of nitrogens with zero attached hydrogens (tertiary/aromatic N) is 1. The molecule has 0 aromatic heterocycles. The topological polar surface area (TPSA) is 63.7 Å². The predicted molar refractivity (Wildman–Crippen MR) is 120 cm³/mol. The number of hydrogen-bond acceptors (Lipinski definition) is 4. The van der Waals surface area contributed by atoms with E-state index < -0.39 is 5.60 Å². The third-order valence-corrected chi connectivity index (χ3v) is 6.40. The standard InChI is InChI=1S/C27H23NO4/c29-23-18-27(32-24-13-7-6-12-22(23)24)14-16-28(17-15-27)26(31)21-11-5-4-10-20(21)25(30)19-8-2-1-3-9-19/h1-13H,14-18H2. The summed E-state index contributed by atoms with van der Waals surface area (Å²) < 4.78 is 6.27. The Kier molecular flexibility index (Phi) is 5.10. The van der Waals surface area contributed by atoms with Crippen molar-refractivity contribution in [2.24, 2.45) is 0 Å². The maximum Gasteiger partial charge on any atom is 0.254 e. The van der Waals surface area contributed by atoms with Gasteiger partial charge in [0.25, 0.3) is 5.91 Å². The summed E-state index contributed by atoms with van der Waals surface area (Å²) in [5.74, 6) is 0.385. The van der Waals surface area contributed by atoms with Gasteiger partial charge in [0.1, 0.15) is 11.4 Å². The number of Topliss-reactive ketones (excluding diaryl/α,β-unsaturated/α-hetero) is 1. The van der Waals surface area contributed by atoms with E-state index in [-0.39, 0.29) is 17.5 Å². The molecule has 0 N–H and O–H groups in total. The lowest BCUT2D eigenvalue weighted by Gasteiger charge is -2.44. The van der Waals surface area contributed by atoms with Gasteiger partial charge in [-0.2, -0.15) is 0 Å². The van der Waals surface area contributed by atoms with Crippen LogP contribution in [0.25, 0.3) is 0 Å². The number of carbonyl (C=O) groups is 3. The van der Waals surface area contributed by atoms with Gasteiger partial charge in [-0.25, -0.2) is 0 Å². The lowest BCUT2D eigenvalue weighted by Crippen LogP contribution is -2.52. The number of rotatable bonds is 3. The van der Waals surface area contributed by atoms with E-state index in [4.69, 9.17) is 4.74 Å². The molecule has 0 aliphatic carbocycles. The van der Waals surface area contributed by atoms with Gasteiger partial charge in [0, 0.05) is 37.1 Å². The largest absolute Gasteiger partial charge is 0.486 e. The van der Waals surface area contributed by atoms with Gasteiger partial charge in [0.05, 0.1) is 17.5 Å². The zero-order chi connectivity index (χ0) is 22.1. The number of carbonyl (C=O) groups excluding carboxylic acids is 3. The minimum Gasteiger partial charge on any atom is -0.486 e. The summed E-state index contributed by atoms with van der Waals surface area (Å²) in [5, 5.41) is 0. The van der Waals surface area contributed by atoms with Crippen molar-refractivity contribution in [3.8, 4) is 5.75 Å². The van der Waals surface area contributed by atoms with Crippen LogP contribution in [0.1, 0.15) is 55.9 Å². The number of benzene rings is 3. The number of hydrogen-bond donors (Lipinski definition) is 0. The second kappa shape index (κ2) is 8.08. The first-order valence-corrected chi connectivity index (χ1v) is 10.9. The molecule has 2 aliphatic heterocycles. The Labute approximate surface area is 186 Å². The fraction of sp³-hybridized carbons (Fsp3) is 0.222. The van der Waals surface area contributed by atoms with Crippen LogP contribution in [0.4, 0.5) is 0 Å². The minimum absolute atomic E-state index is 0.0884. The maximum absolute atomic E-state index is 13.4. The Morgan fingerprint density at radius 2 is 1.41 bits per heavy atom. The monoisotopic (exact) mass is 425 g/mol. The molecule has 2 aliphatic rings. The summed E-state index contributed by atoms with van der Waals surface area (Å²) in [6.07, 6.45) is 1.48. The SMILES string of the molecule is O=C1CC2(CCN(C(=O)c3ccccc3C(=O)c3ccccc3)CC2)Oc2ccccc21. The zero-order valence-electron chi connectivity index (χ0n) is 17.6. The number of ketones is 2. The van der Waals surface area contributed by atoms with E-state index in [9.17, 15) is 14.4 Å². The van der Waals surface area contributed by atoms with E-state index in [1.54, 1.807) is 47.4 Å². The quantitative estimate of drug-likeness (QED) is 0.577. The molecule has 5 nitrogen and oxygen atoms in total. The average Bonchev–Trinajstić information content (AvgIpc) is 2.84. The first-order chi connectivity index (χ1) is 15.6. The van der Waals surface area contributed by atoms with E-state index >= 15 is 0 Å². The van der Waals surface area contributed by atoms with Crippen molar-refractivity contribution in [2.75, 3.05) is 13.1 Å². The summed E-state index contributed by atoms with van der Waals surface area (Å²) in [6, 6.07) is 23.3. The molecule has 0 radical (unpaired) electrons. The second-order valence-corrected chi connectivity index (χ2v) is 8.41. The Balaban J connectivity index is 1.34. The van der Waals surface area contributed by atoms with Crippen molar-refractivity contribution < 1.29 is 19.1 Å². The van der Waals surface area contributed by atoms with Crippen LogP contribution in [0.3, 0.4) is 0 Å². The van der Waals surface area contributed by atoms with Crippen molar-refractivity contribution in [1.29, 1.82) is 0 Å². The number of amides is 1. The van der Waals surface area contributed by atoms with E-state index in [0.717, 1.165) is 0 Å². The fourth-order valence-electron chi connectivity index (χ4n) is 4.62. The first-order valence-electron chi connectivity index (χ1n) is 10.9. The second-order valence-electron chi connectivity index (χ2n) is 8.41. The van der Waals surface area contributed by atoms with Crippen LogP contribution in [0.2, 0.25) is 0 Å². The van der Waals surface area contributed by atoms with E-state index in [2.05, 4.69) is 0 Å². The molecular weight excluding hydrogens is 402 g/mol. The van der Waals surface area contributed by atoms with Gasteiger partial charge >= 0.3 is 0 Å². The molecule has 160 valence electrons. The average molecular weight is 425 g/mol. The summed E-state index contributed by atoms with van der Waals surface area (Å²) in [7, 11) is 0. The third-order valence-electron chi connectivity index (χ3n) is 6.40. The Morgan fingerprint density at radius 1 is 0.781 bits per heavy atom. The highest BCUT2D eigenvalue weighted by Gasteiger charge is 2.43. The van der Waals surface area contributed by atoms with Gasteiger partial charge in [0.15, 0.2) is 11.6 Å². The van der Waals surface area contributed by atoms with Crippen molar-refractivity contribution >= 4 is 17.5 Å².